The molecule has 0 radical (unpaired) electrons. The molecule has 3 fully saturated rings. The highest BCUT2D eigenvalue weighted by atomic mass is 35.5. The lowest BCUT2D eigenvalue weighted by Gasteiger charge is -2.36. The van der Waals surface area contributed by atoms with Crippen LogP contribution in [0.5, 0.6) is 5.75 Å². The molecule has 0 bridgehead atoms. The highest BCUT2D eigenvalue weighted by Crippen LogP contribution is 2.33. The lowest BCUT2D eigenvalue weighted by atomic mass is 9.97. The second kappa shape index (κ2) is 17.3. The number of hydrogen-bond acceptors (Lipinski definition) is 13. The molecule has 8 rings (SSSR count). The Morgan fingerprint density at radius 2 is 1.67 bits per heavy atom. The zero-order chi connectivity index (χ0) is 42.1. The van der Waals surface area contributed by atoms with E-state index < -0.39 is 29.7 Å². The van der Waals surface area contributed by atoms with Gasteiger partial charge in [0, 0.05) is 69.6 Å². The van der Waals surface area contributed by atoms with Gasteiger partial charge in [0.1, 0.15) is 11.1 Å². The topological polar surface area (TPSA) is 197 Å². The van der Waals surface area contributed by atoms with Crippen molar-refractivity contribution >= 4 is 75.2 Å². The van der Waals surface area contributed by atoms with E-state index >= 15 is 0 Å². The van der Waals surface area contributed by atoms with E-state index in [4.69, 9.17) is 26.1 Å². The first-order valence-corrected chi connectivity index (χ1v) is 20.7. The number of rotatable bonds is 12. The second-order valence-electron chi connectivity index (χ2n) is 15.4. The van der Waals surface area contributed by atoms with Crippen molar-refractivity contribution in [2.75, 3.05) is 61.6 Å². The van der Waals surface area contributed by atoms with Gasteiger partial charge in [-0.1, -0.05) is 11.6 Å². The molecule has 0 aliphatic carbocycles. The first-order valence-electron chi connectivity index (χ1n) is 20.3. The summed E-state index contributed by atoms with van der Waals surface area (Å²) in [6.45, 7) is 5.68. The molecule has 0 spiro atoms. The lowest BCUT2D eigenvalue weighted by molar-refractivity contribution is -0.136. The normalized spacial score (nSPS) is 18.9. The van der Waals surface area contributed by atoms with Crippen molar-refractivity contribution in [2.24, 2.45) is 5.92 Å². The molecule has 1 unspecified atom stereocenters. The Bertz CT molecular complexity index is 2430. The molecular formula is C42H46ClN9O8. The summed E-state index contributed by atoms with van der Waals surface area (Å²) in [5.74, 6) is -0.892. The minimum absolute atomic E-state index is 0.0772. The predicted molar refractivity (Wildman–Crippen MR) is 223 cm³/mol. The van der Waals surface area contributed by atoms with Crippen LogP contribution in [0.15, 0.2) is 53.5 Å². The Labute approximate surface area is 350 Å². The van der Waals surface area contributed by atoms with Crippen LogP contribution in [0.1, 0.15) is 66.2 Å². The molecule has 2 aromatic carbocycles. The summed E-state index contributed by atoms with van der Waals surface area (Å²) in [6.07, 6.45) is 5.37. The maximum absolute atomic E-state index is 13.3. The zero-order valence-corrected chi connectivity index (χ0v) is 34.1. The fraction of sp³-hybridized carbons (Fsp3) is 0.429. The smallest absolute Gasteiger partial charge is 0.293 e. The summed E-state index contributed by atoms with van der Waals surface area (Å²) < 4.78 is 13.6. The van der Waals surface area contributed by atoms with Gasteiger partial charge in [0.05, 0.1) is 28.9 Å². The molecule has 1 atom stereocenters. The van der Waals surface area contributed by atoms with Crippen molar-refractivity contribution < 1.29 is 33.4 Å². The first kappa shape index (κ1) is 40.7. The number of imide groups is 2. The molecule has 5 amide bonds. The van der Waals surface area contributed by atoms with Crippen LogP contribution in [-0.4, -0.2) is 108 Å². The summed E-state index contributed by atoms with van der Waals surface area (Å²) in [5.41, 5.74) is 2.50. The van der Waals surface area contributed by atoms with E-state index in [1.165, 1.54) is 7.05 Å². The van der Waals surface area contributed by atoms with Crippen LogP contribution in [0.3, 0.4) is 0 Å². The number of anilines is 4. The van der Waals surface area contributed by atoms with Crippen LogP contribution in [-0.2, 0) is 25.7 Å². The van der Waals surface area contributed by atoms with Gasteiger partial charge in [-0.05, 0) is 87.4 Å². The molecule has 17 nitrogen and oxygen atoms in total. The number of aromatic nitrogens is 3. The first-order chi connectivity index (χ1) is 29.0. The van der Waals surface area contributed by atoms with Crippen molar-refractivity contribution in [3.05, 3.63) is 75.2 Å². The highest BCUT2D eigenvalue weighted by molar-refractivity contribution is 6.33. The summed E-state index contributed by atoms with van der Waals surface area (Å²) in [5, 5.41) is 9.13. The van der Waals surface area contributed by atoms with E-state index in [2.05, 4.69) is 30.7 Å². The maximum Gasteiger partial charge on any atom is 0.293 e. The molecule has 4 aromatic rings. The third-order valence-electron chi connectivity index (χ3n) is 11.7. The average Bonchev–Trinajstić information content (AvgIpc) is 3.50. The molecule has 2 aromatic heterocycles. The molecule has 3 N–H and O–H groups in total. The molecule has 4 aliphatic heterocycles. The van der Waals surface area contributed by atoms with Gasteiger partial charge >= 0.3 is 0 Å². The summed E-state index contributed by atoms with van der Waals surface area (Å²) in [4.78, 5) is 89.9. The van der Waals surface area contributed by atoms with Crippen LogP contribution in [0.4, 0.5) is 23.1 Å². The van der Waals surface area contributed by atoms with Gasteiger partial charge in [-0.25, -0.2) is 4.98 Å². The number of piperidine rings is 3. The SMILES string of the molecule is CCn1c(=O)c(OCC(=O)NC)cc2cc(Nc3nc(N4CCC(COC5CCN(c6ccc7c(c6)C(=O)N(C6CCC(=O)NC6=O)C7=O)CC5)CC4)ncc3Cl)ccc21. The van der Waals surface area contributed by atoms with E-state index in [0.29, 0.717) is 41.5 Å². The van der Waals surface area contributed by atoms with Gasteiger partial charge in [0.2, 0.25) is 17.8 Å². The third kappa shape index (κ3) is 8.23. The van der Waals surface area contributed by atoms with Crippen molar-refractivity contribution in [2.45, 2.75) is 64.1 Å². The third-order valence-corrected chi connectivity index (χ3v) is 12.0. The minimum Gasteiger partial charge on any atom is -0.478 e. The number of hydrogen-bond donors (Lipinski definition) is 3. The van der Waals surface area contributed by atoms with E-state index in [1.807, 2.05) is 31.2 Å². The number of fused-ring (bicyclic) bond motifs is 2. The highest BCUT2D eigenvalue weighted by Gasteiger charge is 2.45. The van der Waals surface area contributed by atoms with Crippen molar-refractivity contribution in [3.63, 3.8) is 0 Å². The fourth-order valence-electron chi connectivity index (χ4n) is 8.31. The van der Waals surface area contributed by atoms with E-state index in [-0.39, 0.29) is 53.9 Å². The monoisotopic (exact) mass is 839 g/mol. The molecule has 314 valence electrons. The van der Waals surface area contributed by atoms with Gasteiger partial charge in [0.15, 0.2) is 18.2 Å². The van der Waals surface area contributed by atoms with E-state index in [0.717, 1.165) is 73.4 Å². The summed E-state index contributed by atoms with van der Waals surface area (Å²) in [7, 11) is 1.50. The van der Waals surface area contributed by atoms with Crippen LogP contribution in [0.25, 0.3) is 10.9 Å². The number of carbonyl (C=O) groups is 5. The molecule has 0 saturated carbocycles. The van der Waals surface area contributed by atoms with Crippen LogP contribution in [0.2, 0.25) is 5.02 Å². The molecule has 3 saturated heterocycles. The number of halogens is 1. The molecular weight excluding hydrogens is 794 g/mol. The maximum atomic E-state index is 13.3. The van der Waals surface area contributed by atoms with E-state index in [9.17, 15) is 28.8 Å². The number of pyridine rings is 1. The Morgan fingerprint density at radius 3 is 2.40 bits per heavy atom. The fourth-order valence-corrected chi connectivity index (χ4v) is 8.45. The average molecular weight is 840 g/mol. The van der Waals surface area contributed by atoms with Gasteiger partial charge in [-0.3, -0.25) is 39.0 Å². The number of nitrogens with one attached hydrogen (secondary N) is 3. The van der Waals surface area contributed by atoms with Crippen molar-refractivity contribution in [1.29, 1.82) is 0 Å². The Kier molecular flexibility index (Phi) is 11.7. The molecule has 4 aliphatic rings. The Morgan fingerprint density at radius 1 is 0.917 bits per heavy atom. The Hall–Kier alpha value is -6.07. The van der Waals surface area contributed by atoms with Crippen LogP contribution < -0.4 is 36.0 Å². The largest absolute Gasteiger partial charge is 0.478 e. The number of carbonyl (C=O) groups excluding carboxylic acids is 5. The molecule has 6 heterocycles. The van der Waals surface area contributed by atoms with Gasteiger partial charge < -0.3 is 34.5 Å². The predicted octanol–water partition coefficient (Wildman–Crippen LogP) is 3.64. The van der Waals surface area contributed by atoms with Crippen LogP contribution >= 0.6 is 11.6 Å². The lowest BCUT2D eigenvalue weighted by Crippen LogP contribution is -2.54. The van der Waals surface area contributed by atoms with Crippen molar-refractivity contribution in [3.8, 4) is 5.75 Å². The minimum atomic E-state index is -0.992. The molecule has 60 heavy (non-hydrogen) atoms. The summed E-state index contributed by atoms with van der Waals surface area (Å²) >= 11 is 6.56. The summed E-state index contributed by atoms with van der Waals surface area (Å²) in [6, 6.07) is 11.4. The number of benzene rings is 2. The van der Waals surface area contributed by atoms with Gasteiger partial charge in [-0.2, -0.15) is 4.98 Å². The number of likely N-dealkylation sites (N-methyl/N-ethyl adjacent to an activating group) is 1. The van der Waals surface area contributed by atoms with Crippen molar-refractivity contribution in [1.82, 2.24) is 30.1 Å². The number of nitrogens with zero attached hydrogens (tertiary/aromatic N) is 6. The zero-order valence-electron chi connectivity index (χ0n) is 33.4. The van der Waals surface area contributed by atoms with E-state index in [1.54, 1.807) is 29.0 Å². The Balaban J connectivity index is 0.824. The number of ether oxygens (including phenoxy) is 2. The molecule has 18 heteroatoms. The number of aryl methyl sites for hydroxylation is 1. The number of amides is 5. The standard InChI is InChI=1S/C42H46ClN9O8/c1-3-51-32-7-4-26(18-25(32)19-34(41(51)58)60-23-36(54)44-2)46-37-31(43)21-45-42(48-37)50-14-10-24(11-15-50)22-59-28-12-16-49(17-13-28)27-5-6-29-30(20-27)40(57)52(39(29)56)33-8-9-35(53)47-38(33)55/h4-7,18-21,24,28,33H,3,8-17,22-23H2,1-2H3,(H,44,54)(H,45,46,48)(H,47,53,55). The second-order valence-corrected chi connectivity index (χ2v) is 15.8. The quantitative estimate of drug-likeness (QED) is 0.175. The van der Waals surface area contributed by atoms with Gasteiger partial charge in [0.25, 0.3) is 23.3 Å². The van der Waals surface area contributed by atoms with Gasteiger partial charge in [-0.15, -0.1) is 0 Å². The van der Waals surface area contributed by atoms with Crippen LogP contribution in [0, 0.1) is 5.92 Å².